The van der Waals surface area contributed by atoms with Crippen molar-refractivity contribution < 1.29 is 14.0 Å². The molecule has 2 aromatic rings. The zero-order valence-corrected chi connectivity index (χ0v) is 18.4. The number of hydrogen-bond acceptors (Lipinski definition) is 3. The quantitative estimate of drug-likeness (QED) is 0.622. The van der Waals surface area contributed by atoms with Gasteiger partial charge in [-0.3, -0.25) is 9.59 Å². The number of benzene rings is 2. The molecule has 0 bridgehead atoms. The van der Waals surface area contributed by atoms with Crippen LogP contribution in [0.1, 0.15) is 31.9 Å². The van der Waals surface area contributed by atoms with Crippen molar-refractivity contribution in [2.45, 2.75) is 45.2 Å². The van der Waals surface area contributed by atoms with Crippen LogP contribution in [0.25, 0.3) is 0 Å². The molecule has 1 unspecified atom stereocenters. The lowest BCUT2D eigenvalue weighted by Gasteiger charge is -2.29. The first-order valence-electron chi connectivity index (χ1n) is 9.42. The third kappa shape index (κ3) is 7.71. The Morgan fingerprint density at radius 1 is 1.03 bits per heavy atom. The van der Waals surface area contributed by atoms with Crippen LogP contribution in [0.3, 0.4) is 0 Å². The van der Waals surface area contributed by atoms with Crippen molar-refractivity contribution in [1.29, 1.82) is 0 Å². The maximum Gasteiger partial charge on any atom is 0.242 e. The Labute approximate surface area is 180 Å². The monoisotopic (exact) mass is 436 g/mol. The molecule has 7 heteroatoms. The molecule has 2 aromatic carbocycles. The van der Waals surface area contributed by atoms with Gasteiger partial charge in [-0.05, 0) is 56.2 Å². The molecule has 0 aromatic heterocycles. The van der Waals surface area contributed by atoms with Gasteiger partial charge >= 0.3 is 0 Å². The van der Waals surface area contributed by atoms with Gasteiger partial charge in [-0.1, -0.05) is 35.9 Å². The SMILES string of the molecule is CC(C)NC(=O)C(C)N(Cc1ccc(Cl)cc1)C(=O)CSCc1ccc(F)cc1. The Bertz CT molecular complexity index is 813. The van der Waals surface area contributed by atoms with Gasteiger partial charge in [0.15, 0.2) is 0 Å². The van der Waals surface area contributed by atoms with Crippen molar-refractivity contribution in [3.05, 3.63) is 70.5 Å². The molecule has 4 nitrogen and oxygen atoms in total. The third-order valence-electron chi connectivity index (χ3n) is 4.27. The molecular weight excluding hydrogens is 411 g/mol. The van der Waals surface area contributed by atoms with E-state index in [4.69, 9.17) is 11.6 Å². The Kier molecular flexibility index (Phi) is 8.99. The number of nitrogens with one attached hydrogen (secondary N) is 1. The lowest BCUT2D eigenvalue weighted by Crippen LogP contribution is -2.49. The molecule has 0 aliphatic heterocycles. The molecule has 0 aliphatic carbocycles. The van der Waals surface area contributed by atoms with E-state index in [1.54, 1.807) is 36.1 Å². The summed E-state index contributed by atoms with van der Waals surface area (Å²) < 4.78 is 13.0. The molecule has 1 atom stereocenters. The van der Waals surface area contributed by atoms with Crippen LogP contribution in [0, 0.1) is 5.82 Å². The number of hydrogen-bond donors (Lipinski definition) is 1. The van der Waals surface area contributed by atoms with Crippen LogP contribution >= 0.6 is 23.4 Å². The van der Waals surface area contributed by atoms with Gasteiger partial charge in [0.05, 0.1) is 5.75 Å². The van der Waals surface area contributed by atoms with Crippen LogP contribution in [0.4, 0.5) is 4.39 Å². The van der Waals surface area contributed by atoms with Gasteiger partial charge in [-0.25, -0.2) is 4.39 Å². The van der Waals surface area contributed by atoms with Crippen molar-refractivity contribution >= 4 is 35.2 Å². The van der Waals surface area contributed by atoms with Crippen molar-refractivity contribution in [2.24, 2.45) is 0 Å². The Morgan fingerprint density at radius 2 is 1.62 bits per heavy atom. The lowest BCUT2D eigenvalue weighted by molar-refractivity contribution is -0.138. The molecule has 0 radical (unpaired) electrons. The zero-order valence-electron chi connectivity index (χ0n) is 16.8. The zero-order chi connectivity index (χ0) is 21.4. The summed E-state index contributed by atoms with van der Waals surface area (Å²) in [6, 6.07) is 12.8. The first kappa shape index (κ1) is 23.2. The maximum atomic E-state index is 13.0. The minimum atomic E-state index is -0.605. The number of amides is 2. The van der Waals surface area contributed by atoms with E-state index in [1.165, 1.54) is 23.9 Å². The van der Waals surface area contributed by atoms with Crippen LogP contribution in [0.5, 0.6) is 0 Å². The summed E-state index contributed by atoms with van der Waals surface area (Å²) in [6.07, 6.45) is 0. The fraction of sp³-hybridized carbons (Fsp3) is 0.364. The fourth-order valence-corrected chi connectivity index (χ4v) is 3.69. The molecule has 2 amide bonds. The summed E-state index contributed by atoms with van der Waals surface area (Å²) >= 11 is 7.38. The average molecular weight is 437 g/mol. The van der Waals surface area contributed by atoms with Crippen molar-refractivity contribution in [3.8, 4) is 0 Å². The van der Waals surface area contributed by atoms with Gasteiger partial charge in [0.25, 0.3) is 0 Å². The summed E-state index contributed by atoms with van der Waals surface area (Å²) in [5.41, 5.74) is 1.84. The smallest absolute Gasteiger partial charge is 0.242 e. The maximum absolute atomic E-state index is 13.0. The molecule has 0 saturated carbocycles. The Hall–Kier alpha value is -2.05. The molecule has 0 saturated heterocycles. The molecule has 0 aliphatic rings. The normalized spacial score (nSPS) is 11.9. The number of carbonyl (C=O) groups is 2. The van der Waals surface area contributed by atoms with Crippen LogP contribution in [0.15, 0.2) is 48.5 Å². The molecule has 0 heterocycles. The predicted molar refractivity (Wildman–Crippen MR) is 117 cm³/mol. The van der Waals surface area contributed by atoms with E-state index in [2.05, 4.69) is 5.32 Å². The lowest BCUT2D eigenvalue weighted by atomic mass is 10.1. The summed E-state index contributed by atoms with van der Waals surface area (Å²) in [4.78, 5) is 27.0. The predicted octanol–water partition coefficient (Wildman–Crippen LogP) is 4.65. The number of halogens is 2. The highest BCUT2D eigenvalue weighted by atomic mass is 35.5. The Morgan fingerprint density at radius 3 is 2.21 bits per heavy atom. The molecule has 156 valence electrons. The molecule has 1 N–H and O–H groups in total. The fourth-order valence-electron chi connectivity index (χ4n) is 2.69. The number of carbonyl (C=O) groups excluding carboxylic acids is 2. The largest absolute Gasteiger partial charge is 0.352 e. The summed E-state index contributed by atoms with van der Waals surface area (Å²) in [6.45, 7) is 5.82. The van der Waals surface area contributed by atoms with Gasteiger partial charge in [-0.15, -0.1) is 11.8 Å². The third-order valence-corrected chi connectivity index (χ3v) is 5.51. The first-order valence-corrected chi connectivity index (χ1v) is 11.0. The van der Waals surface area contributed by atoms with E-state index >= 15 is 0 Å². The highest BCUT2D eigenvalue weighted by Crippen LogP contribution is 2.17. The standard InChI is InChI=1S/C22H26ClFN2O2S/c1-15(2)25-22(28)16(3)26(12-17-4-8-19(23)9-5-17)21(27)14-29-13-18-6-10-20(24)11-7-18/h4-11,15-16H,12-14H2,1-3H3,(H,25,28). The first-order chi connectivity index (χ1) is 13.8. The topological polar surface area (TPSA) is 49.4 Å². The summed E-state index contributed by atoms with van der Waals surface area (Å²) in [5.74, 6) is 0.218. The van der Waals surface area contributed by atoms with Crippen molar-refractivity contribution in [1.82, 2.24) is 10.2 Å². The van der Waals surface area contributed by atoms with Gasteiger partial charge < -0.3 is 10.2 Å². The van der Waals surface area contributed by atoms with Gasteiger partial charge in [0.2, 0.25) is 11.8 Å². The molecular formula is C22H26ClFN2O2S. The van der Waals surface area contributed by atoms with Gasteiger partial charge in [0, 0.05) is 23.4 Å². The minimum absolute atomic E-state index is 0.00900. The van der Waals surface area contributed by atoms with Crippen LogP contribution in [-0.4, -0.2) is 34.6 Å². The number of nitrogens with zero attached hydrogens (tertiary/aromatic N) is 1. The van der Waals surface area contributed by atoms with E-state index in [0.29, 0.717) is 17.3 Å². The highest BCUT2D eigenvalue weighted by molar-refractivity contribution is 7.99. The number of thioether (sulfide) groups is 1. The number of rotatable bonds is 9. The summed E-state index contributed by atoms with van der Waals surface area (Å²) in [7, 11) is 0. The van der Waals surface area contributed by atoms with E-state index in [1.807, 2.05) is 26.0 Å². The summed E-state index contributed by atoms with van der Waals surface area (Å²) in [5, 5.41) is 3.48. The highest BCUT2D eigenvalue weighted by Gasteiger charge is 2.26. The van der Waals surface area contributed by atoms with Crippen molar-refractivity contribution in [3.63, 3.8) is 0 Å². The average Bonchev–Trinajstić information content (AvgIpc) is 2.68. The van der Waals surface area contributed by atoms with E-state index < -0.39 is 6.04 Å². The Balaban J connectivity index is 2.05. The second kappa shape index (κ2) is 11.2. The van der Waals surface area contributed by atoms with E-state index in [9.17, 15) is 14.0 Å². The molecule has 0 spiro atoms. The van der Waals surface area contributed by atoms with Crippen LogP contribution in [-0.2, 0) is 21.9 Å². The van der Waals surface area contributed by atoms with Crippen LogP contribution < -0.4 is 5.32 Å². The second-order valence-corrected chi connectivity index (χ2v) is 8.53. The van der Waals surface area contributed by atoms with Crippen LogP contribution in [0.2, 0.25) is 5.02 Å². The van der Waals surface area contributed by atoms with Gasteiger partial charge in [-0.2, -0.15) is 0 Å². The van der Waals surface area contributed by atoms with Gasteiger partial charge in [0.1, 0.15) is 11.9 Å². The van der Waals surface area contributed by atoms with E-state index in [0.717, 1.165) is 11.1 Å². The molecule has 0 fully saturated rings. The molecule has 29 heavy (non-hydrogen) atoms. The van der Waals surface area contributed by atoms with Crippen molar-refractivity contribution in [2.75, 3.05) is 5.75 Å². The second-order valence-electron chi connectivity index (χ2n) is 7.11. The minimum Gasteiger partial charge on any atom is -0.352 e. The van der Waals surface area contributed by atoms with E-state index in [-0.39, 0.29) is 29.4 Å². The molecule has 2 rings (SSSR count).